The second-order valence-electron chi connectivity index (χ2n) is 17.1. The summed E-state index contributed by atoms with van der Waals surface area (Å²) in [5.41, 5.74) is 12.4. The number of para-hydroxylation sites is 2. The molecule has 11 aromatic rings. The number of ether oxygens (including phenoxy) is 1. The summed E-state index contributed by atoms with van der Waals surface area (Å²) in [4.78, 5) is 0. The monoisotopic (exact) mass is 845 g/mol. The lowest BCUT2D eigenvalue weighted by atomic mass is 9.51. The number of aromatic nitrogens is 1. The van der Waals surface area contributed by atoms with Crippen LogP contribution in [0, 0.1) is 0 Å². The first kappa shape index (κ1) is 37.4. The van der Waals surface area contributed by atoms with E-state index in [0.29, 0.717) is 0 Å². The Balaban J connectivity index is 0.864. The van der Waals surface area contributed by atoms with Crippen molar-refractivity contribution in [2.75, 3.05) is 0 Å². The van der Waals surface area contributed by atoms with E-state index in [1.165, 1.54) is 42.6 Å². The van der Waals surface area contributed by atoms with Gasteiger partial charge in [-0.15, -0.1) is 0 Å². The lowest BCUT2D eigenvalue weighted by Crippen LogP contribution is -2.74. The summed E-state index contributed by atoms with van der Waals surface area (Å²) in [7, 11) is -2.71. The van der Waals surface area contributed by atoms with Crippen LogP contribution in [-0.4, -0.2) is 19.6 Å². The average Bonchev–Trinajstić information content (AvgIpc) is 3.72. The summed E-state index contributed by atoms with van der Waals surface area (Å²) >= 11 is 0. The molecular formula is C60H40BNO2Si. The van der Waals surface area contributed by atoms with Crippen LogP contribution < -0.4 is 41.1 Å². The minimum atomic E-state index is -2.71. The van der Waals surface area contributed by atoms with Crippen LogP contribution in [0.15, 0.2) is 243 Å². The second-order valence-corrected chi connectivity index (χ2v) is 20.9. The smallest absolute Gasteiger partial charge is 0.434 e. The van der Waals surface area contributed by atoms with Crippen molar-refractivity contribution in [3.63, 3.8) is 0 Å². The maximum Gasteiger partial charge on any atom is 0.434 e. The molecule has 2 aliphatic rings. The van der Waals surface area contributed by atoms with E-state index in [4.69, 9.17) is 9.39 Å². The first-order valence-electron chi connectivity index (χ1n) is 22.3. The molecule has 0 fully saturated rings. The minimum Gasteiger partial charge on any atom is -0.551 e. The van der Waals surface area contributed by atoms with Crippen LogP contribution in [0.5, 0.6) is 17.2 Å². The average molecular weight is 846 g/mol. The second kappa shape index (κ2) is 15.0. The highest BCUT2D eigenvalue weighted by atomic mass is 28.3. The molecule has 0 radical (unpaired) electrons. The van der Waals surface area contributed by atoms with Gasteiger partial charge in [0.2, 0.25) is 0 Å². The molecule has 304 valence electrons. The van der Waals surface area contributed by atoms with Gasteiger partial charge in [0.25, 0.3) is 0 Å². The zero-order valence-electron chi connectivity index (χ0n) is 35.4. The fourth-order valence-electron chi connectivity index (χ4n) is 10.7. The number of benzene rings is 10. The number of fused-ring (bicyclic) bond motifs is 7. The van der Waals surface area contributed by atoms with Gasteiger partial charge in [-0.3, -0.25) is 0 Å². The Bertz CT molecular complexity index is 3460. The van der Waals surface area contributed by atoms with Gasteiger partial charge in [-0.2, -0.15) is 0 Å². The molecule has 3 heterocycles. The van der Waals surface area contributed by atoms with Gasteiger partial charge in [-0.25, -0.2) is 0 Å². The molecule has 2 aliphatic heterocycles. The van der Waals surface area contributed by atoms with E-state index in [0.717, 1.165) is 67.2 Å². The van der Waals surface area contributed by atoms with E-state index in [-0.39, 0.29) is 6.92 Å². The molecule has 0 N–H and O–H groups in total. The Labute approximate surface area is 379 Å². The zero-order valence-corrected chi connectivity index (χ0v) is 36.4. The third kappa shape index (κ3) is 5.90. The quantitative estimate of drug-likeness (QED) is 0.118. The van der Waals surface area contributed by atoms with Crippen LogP contribution in [0.1, 0.15) is 0 Å². The van der Waals surface area contributed by atoms with Gasteiger partial charge in [0.1, 0.15) is 17.2 Å². The highest BCUT2D eigenvalue weighted by Gasteiger charge is 2.43. The van der Waals surface area contributed by atoms with E-state index in [1.807, 2.05) is 0 Å². The van der Waals surface area contributed by atoms with E-state index < -0.39 is 8.07 Å². The molecule has 0 saturated carbocycles. The van der Waals surface area contributed by atoms with Gasteiger partial charge in [0, 0.05) is 32.9 Å². The van der Waals surface area contributed by atoms with Crippen LogP contribution >= 0.6 is 0 Å². The summed E-state index contributed by atoms with van der Waals surface area (Å²) in [6.45, 7) is -0.305. The molecule has 5 heteroatoms. The highest BCUT2D eigenvalue weighted by molar-refractivity contribution is 7.19. The van der Waals surface area contributed by atoms with E-state index in [2.05, 4.69) is 247 Å². The van der Waals surface area contributed by atoms with Crippen molar-refractivity contribution in [3.8, 4) is 56.3 Å². The standard InChI is InChI=1S/C60H40BNO2Si/c1-4-17-46(18-5-1)65(47-19-6-2-7-20-47,48-21-8-3-9-22-48)49-23-14-16-42(38-49)44-33-37-54-59(40-44)63-57-29-15-26-53-52-36-32-43(39-58(52)64-61(54)60(53)57)41-30-34-45(35-31-41)62-55-27-12-10-24-50(55)51-25-11-13-28-56(51)62/h1-40H. The normalized spacial score (nSPS) is 12.5. The summed E-state index contributed by atoms with van der Waals surface area (Å²) in [5.74, 6) is 2.53. The van der Waals surface area contributed by atoms with Crippen molar-refractivity contribution < 1.29 is 9.39 Å². The SMILES string of the molecule is c1ccc([Si](c2ccccc2)(c2ccccc2)c2cccc(-c3ccc4c(c3)Oc3cccc5c3B4Oc3cc(-c4ccc(-n6c7ccccc7c7ccccc76)cc4)ccc3-5)c2)cc1. The Hall–Kier alpha value is -8.12. The topological polar surface area (TPSA) is 23.4 Å². The van der Waals surface area contributed by atoms with Crippen LogP contribution in [0.4, 0.5) is 0 Å². The van der Waals surface area contributed by atoms with Crippen molar-refractivity contribution >= 4 is 68.5 Å². The predicted octanol–water partition coefficient (Wildman–Crippen LogP) is 10.8. The first-order chi connectivity index (χ1) is 32.2. The molecule has 1 aromatic heterocycles. The molecule has 0 aliphatic carbocycles. The van der Waals surface area contributed by atoms with Crippen LogP contribution in [0.3, 0.4) is 0 Å². The van der Waals surface area contributed by atoms with Gasteiger partial charge in [-0.1, -0.05) is 200 Å². The number of hydrogen-bond donors (Lipinski definition) is 0. The van der Waals surface area contributed by atoms with Crippen molar-refractivity contribution in [1.29, 1.82) is 0 Å². The van der Waals surface area contributed by atoms with Crippen molar-refractivity contribution in [3.05, 3.63) is 243 Å². The fraction of sp³-hybridized carbons (Fsp3) is 0. The molecular weight excluding hydrogens is 806 g/mol. The molecule has 0 atom stereocenters. The maximum atomic E-state index is 7.09. The van der Waals surface area contributed by atoms with Crippen LogP contribution in [0.25, 0.3) is 60.9 Å². The Morgan fingerprint density at radius 3 is 1.54 bits per heavy atom. The largest absolute Gasteiger partial charge is 0.551 e. The van der Waals surface area contributed by atoms with Gasteiger partial charge in [-0.05, 0) is 91.0 Å². The Kier molecular flexibility index (Phi) is 8.65. The molecule has 65 heavy (non-hydrogen) atoms. The fourth-order valence-corrected chi connectivity index (χ4v) is 15.5. The van der Waals surface area contributed by atoms with Crippen LogP contribution in [-0.2, 0) is 0 Å². The third-order valence-electron chi connectivity index (χ3n) is 13.6. The highest BCUT2D eigenvalue weighted by Crippen LogP contribution is 2.42. The van der Waals surface area contributed by atoms with Crippen molar-refractivity contribution in [2.45, 2.75) is 0 Å². The number of rotatable bonds is 7. The van der Waals surface area contributed by atoms with Gasteiger partial charge >= 0.3 is 6.92 Å². The van der Waals surface area contributed by atoms with Gasteiger partial charge in [0.05, 0.1) is 11.0 Å². The van der Waals surface area contributed by atoms with E-state index >= 15 is 0 Å². The molecule has 13 rings (SSSR count). The molecule has 0 amide bonds. The lowest BCUT2D eigenvalue weighted by molar-refractivity contribution is 0.479. The van der Waals surface area contributed by atoms with Gasteiger partial charge in [0.15, 0.2) is 8.07 Å². The summed E-state index contributed by atoms with van der Waals surface area (Å²) in [6, 6.07) is 88.3. The zero-order chi connectivity index (χ0) is 42.9. The minimum absolute atomic E-state index is 0.305. The van der Waals surface area contributed by atoms with E-state index in [1.54, 1.807) is 0 Å². The maximum absolute atomic E-state index is 7.09. The molecule has 0 saturated heterocycles. The molecule has 3 nitrogen and oxygen atoms in total. The van der Waals surface area contributed by atoms with Crippen molar-refractivity contribution in [2.24, 2.45) is 0 Å². The number of hydrogen-bond acceptors (Lipinski definition) is 2. The predicted molar refractivity (Wildman–Crippen MR) is 273 cm³/mol. The first-order valence-corrected chi connectivity index (χ1v) is 24.3. The van der Waals surface area contributed by atoms with Crippen LogP contribution in [0.2, 0.25) is 0 Å². The summed E-state index contributed by atoms with van der Waals surface area (Å²) in [6.07, 6.45) is 0. The van der Waals surface area contributed by atoms with E-state index in [9.17, 15) is 0 Å². The molecule has 0 spiro atoms. The molecule has 10 aromatic carbocycles. The molecule has 0 bridgehead atoms. The Morgan fingerprint density at radius 1 is 0.354 bits per heavy atom. The molecule has 0 unspecified atom stereocenters. The Morgan fingerprint density at radius 2 is 0.877 bits per heavy atom. The van der Waals surface area contributed by atoms with Crippen molar-refractivity contribution in [1.82, 2.24) is 4.57 Å². The lowest BCUT2D eigenvalue weighted by Gasteiger charge is -2.35. The summed E-state index contributed by atoms with van der Waals surface area (Å²) in [5, 5.41) is 7.91. The number of nitrogens with zero attached hydrogens (tertiary/aromatic N) is 1. The summed E-state index contributed by atoms with van der Waals surface area (Å²) < 4.78 is 16.3. The van der Waals surface area contributed by atoms with Gasteiger partial charge < -0.3 is 14.0 Å². The third-order valence-corrected chi connectivity index (χ3v) is 18.4.